The second-order valence-electron chi connectivity index (χ2n) is 4.28. The third kappa shape index (κ3) is 3.38. The smallest absolute Gasteiger partial charge is 0.0946 e. The molecule has 2 rings (SSSR count). The molecule has 1 atom stereocenters. The minimum Gasteiger partial charge on any atom is -0.336 e. The first kappa shape index (κ1) is 12.3. The quantitative estimate of drug-likeness (QED) is 0.884. The van der Waals surface area contributed by atoms with Crippen LogP contribution in [-0.2, 0) is 13.1 Å². The van der Waals surface area contributed by atoms with Gasteiger partial charge in [-0.05, 0) is 20.8 Å². The second kappa shape index (κ2) is 5.42. The van der Waals surface area contributed by atoms with Gasteiger partial charge in [-0.25, -0.2) is 9.97 Å². The molecule has 0 aliphatic heterocycles. The molecule has 1 unspecified atom stereocenters. The zero-order valence-electron chi connectivity index (χ0n) is 10.5. The SMILES string of the molecule is Cc1nc(C)c(CNC(C)Cn2ccnc2)s1. The molecular weight excluding hydrogens is 232 g/mol. The van der Waals surface area contributed by atoms with Crippen molar-refractivity contribution in [2.24, 2.45) is 0 Å². The number of hydrogen-bond donors (Lipinski definition) is 1. The molecule has 2 aromatic heterocycles. The van der Waals surface area contributed by atoms with Crippen LogP contribution >= 0.6 is 11.3 Å². The summed E-state index contributed by atoms with van der Waals surface area (Å²) in [6.07, 6.45) is 5.64. The summed E-state index contributed by atoms with van der Waals surface area (Å²) in [6.45, 7) is 8.14. The first-order valence-electron chi connectivity index (χ1n) is 5.77. The van der Waals surface area contributed by atoms with Gasteiger partial charge in [-0.2, -0.15) is 0 Å². The van der Waals surface area contributed by atoms with E-state index in [1.54, 1.807) is 11.3 Å². The Kier molecular flexibility index (Phi) is 3.91. The van der Waals surface area contributed by atoms with Crippen molar-refractivity contribution in [2.45, 2.75) is 39.9 Å². The summed E-state index contributed by atoms with van der Waals surface area (Å²) in [6, 6.07) is 0.422. The molecule has 0 aliphatic carbocycles. The Labute approximate surface area is 106 Å². The van der Waals surface area contributed by atoms with E-state index in [1.165, 1.54) is 4.88 Å². The third-order valence-corrected chi connectivity index (χ3v) is 3.73. The van der Waals surface area contributed by atoms with E-state index in [0.717, 1.165) is 23.8 Å². The lowest BCUT2D eigenvalue weighted by Gasteiger charge is -2.13. The van der Waals surface area contributed by atoms with E-state index in [4.69, 9.17) is 0 Å². The molecule has 92 valence electrons. The number of imidazole rings is 1. The van der Waals surface area contributed by atoms with Crippen molar-refractivity contribution in [3.05, 3.63) is 34.3 Å². The van der Waals surface area contributed by atoms with Gasteiger partial charge in [-0.15, -0.1) is 11.3 Å². The van der Waals surface area contributed by atoms with Gasteiger partial charge in [0.1, 0.15) is 0 Å². The lowest BCUT2D eigenvalue weighted by atomic mass is 10.3. The molecule has 0 amide bonds. The van der Waals surface area contributed by atoms with Gasteiger partial charge in [-0.3, -0.25) is 0 Å². The Morgan fingerprint density at radius 1 is 1.47 bits per heavy atom. The molecule has 0 fully saturated rings. The highest BCUT2D eigenvalue weighted by Crippen LogP contribution is 2.16. The molecule has 4 nitrogen and oxygen atoms in total. The Morgan fingerprint density at radius 2 is 2.29 bits per heavy atom. The molecule has 5 heteroatoms. The molecule has 0 aliphatic rings. The minimum absolute atomic E-state index is 0.422. The monoisotopic (exact) mass is 250 g/mol. The highest BCUT2D eigenvalue weighted by molar-refractivity contribution is 7.11. The van der Waals surface area contributed by atoms with E-state index in [2.05, 4.69) is 40.6 Å². The van der Waals surface area contributed by atoms with Crippen LogP contribution < -0.4 is 5.32 Å². The molecule has 17 heavy (non-hydrogen) atoms. The molecule has 2 heterocycles. The summed E-state index contributed by atoms with van der Waals surface area (Å²) in [4.78, 5) is 9.80. The van der Waals surface area contributed by atoms with E-state index in [1.807, 2.05) is 18.7 Å². The minimum atomic E-state index is 0.422. The summed E-state index contributed by atoms with van der Waals surface area (Å²) >= 11 is 1.77. The lowest BCUT2D eigenvalue weighted by Crippen LogP contribution is -2.29. The number of nitrogens with one attached hydrogen (secondary N) is 1. The largest absolute Gasteiger partial charge is 0.336 e. The van der Waals surface area contributed by atoms with E-state index in [0.29, 0.717) is 6.04 Å². The standard InChI is InChI=1S/C12H18N4S/c1-9(7-16-5-4-13-8-16)14-6-12-10(2)15-11(3)17-12/h4-5,8-9,14H,6-7H2,1-3H3. The van der Waals surface area contributed by atoms with Crippen LogP contribution in [0, 0.1) is 13.8 Å². The molecular formula is C12H18N4S. The molecule has 0 saturated carbocycles. The fourth-order valence-corrected chi connectivity index (χ4v) is 2.67. The van der Waals surface area contributed by atoms with Gasteiger partial charge in [0, 0.05) is 36.4 Å². The van der Waals surface area contributed by atoms with Crippen LogP contribution in [0.25, 0.3) is 0 Å². The number of rotatable bonds is 5. The van der Waals surface area contributed by atoms with Gasteiger partial charge in [0.05, 0.1) is 17.0 Å². The van der Waals surface area contributed by atoms with Crippen LogP contribution in [0.4, 0.5) is 0 Å². The van der Waals surface area contributed by atoms with Gasteiger partial charge in [0.2, 0.25) is 0 Å². The maximum atomic E-state index is 4.43. The zero-order chi connectivity index (χ0) is 12.3. The maximum absolute atomic E-state index is 4.43. The molecule has 0 spiro atoms. The molecule has 0 aromatic carbocycles. The van der Waals surface area contributed by atoms with Gasteiger partial charge in [-0.1, -0.05) is 0 Å². The molecule has 1 N–H and O–H groups in total. The predicted octanol–water partition coefficient (Wildman–Crippen LogP) is 2.13. The van der Waals surface area contributed by atoms with Gasteiger partial charge in [0.15, 0.2) is 0 Å². The third-order valence-electron chi connectivity index (χ3n) is 2.65. The lowest BCUT2D eigenvalue weighted by molar-refractivity contribution is 0.477. The Balaban J connectivity index is 1.84. The van der Waals surface area contributed by atoms with Gasteiger partial charge >= 0.3 is 0 Å². The van der Waals surface area contributed by atoms with Crippen molar-refractivity contribution in [2.75, 3.05) is 0 Å². The first-order valence-corrected chi connectivity index (χ1v) is 6.59. The normalized spacial score (nSPS) is 12.9. The number of nitrogens with zero attached hydrogens (tertiary/aromatic N) is 3. The van der Waals surface area contributed by atoms with Crippen molar-refractivity contribution in [3.8, 4) is 0 Å². The van der Waals surface area contributed by atoms with E-state index < -0.39 is 0 Å². The predicted molar refractivity (Wildman–Crippen MR) is 70.1 cm³/mol. The summed E-state index contributed by atoms with van der Waals surface area (Å²) in [7, 11) is 0. The zero-order valence-corrected chi connectivity index (χ0v) is 11.3. The molecule has 0 radical (unpaired) electrons. The number of aromatic nitrogens is 3. The summed E-state index contributed by atoms with van der Waals surface area (Å²) in [5, 5.41) is 4.65. The number of thiazole rings is 1. The topological polar surface area (TPSA) is 42.7 Å². The van der Waals surface area contributed by atoms with Gasteiger partial charge < -0.3 is 9.88 Å². The molecule has 0 bridgehead atoms. The fraction of sp³-hybridized carbons (Fsp3) is 0.500. The van der Waals surface area contributed by atoms with Crippen LogP contribution in [0.2, 0.25) is 0 Å². The van der Waals surface area contributed by atoms with Crippen molar-refractivity contribution in [1.29, 1.82) is 0 Å². The van der Waals surface area contributed by atoms with E-state index in [9.17, 15) is 0 Å². The second-order valence-corrected chi connectivity index (χ2v) is 5.57. The molecule has 0 saturated heterocycles. The van der Waals surface area contributed by atoms with Crippen molar-refractivity contribution < 1.29 is 0 Å². The van der Waals surface area contributed by atoms with Crippen LogP contribution in [-0.4, -0.2) is 20.6 Å². The average molecular weight is 250 g/mol. The summed E-state index contributed by atoms with van der Waals surface area (Å²) in [5.74, 6) is 0. The number of aryl methyl sites for hydroxylation is 2. The van der Waals surface area contributed by atoms with E-state index in [-0.39, 0.29) is 0 Å². The highest BCUT2D eigenvalue weighted by atomic mass is 32.1. The Hall–Kier alpha value is -1.20. The van der Waals surface area contributed by atoms with Crippen molar-refractivity contribution >= 4 is 11.3 Å². The van der Waals surface area contributed by atoms with Crippen LogP contribution in [0.3, 0.4) is 0 Å². The summed E-state index contributed by atoms with van der Waals surface area (Å²) in [5.41, 5.74) is 1.15. The van der Waals surface area contributed by atoms with Crippen LogP contribution in [0.5, 0.6) is 0 Å². The maximum Gasteiger partial charge on any atom is 0.0946 e. The van der Waals surface area contributed by atoms with Crippen molar-refractivity contribution in [1.82, 2.24) is 19.9 Å². The number of hydrogen-bond acceptors (Lipinski definition) is 4. The fourth-order valence-electron chi connectivity index (χ4n) is 1.78. The van der Waals surface area contributed by atoms with Crippen LogP contribution in [0.15, 0.2) is 18.7 Å². The first-order chi connectivity index (χ1) is 8.15. The average Bonchev–Trinajstić information content (AvgIpc) is 2.86. The summed E-state index contributed by atoms with van der Waals surface area (Å²) < 4.78 is 2.09. The van der Waals surface area contributed by atoms with Crippen LogP contribution in [0.1, 0.15) is 22.5 Å². The molecule has 2 aromatic rings. The Bertz CT molecular complexity index is 461. The van der Waals surface area contributed by atoms with Gasteiger partial charge in [0.25, 0.3) is 0 Å². The van der Waals surface area contributed by atoms with Crippen molar-refractivity contribution in [3.63, 3.8) is 0 Å². The van der Waals surface area contributed by atoms with E-state index >= 15 is 0 Å². The Morgan fingerprint density at radius 3 is 2.88 bits per heavy atom. The highest BCUT2D eigenvalue weighted by Gasteiger charge is 2.07.